The summed E-state index contributed by atoms with van der Waals surface area (Å²) in [5.41, 5.74) is 12.6. The third-order valence-corrected chi connectivity index (χ3v) is 5.63. The van der Waals surface area contributed by atoms with E-state index in [2.05, 4.69) is 10.3 Å². The highest BCUT2D eigenvalue weighted by Crippen LogP contribution is 2.33. The highest BCUT2D eigenvalue weighted by atomic mass is 16.5. The van der Waals surface area contributed by atoms with Gasteiger partial charge in [0.05, 0.1) is 6.04 Å². The molecule has 0 spiro atoms. The number of H-pyrrole nitrogens is 1. The number of benzene rings is 2. The number of hydrogen-bond acceptors (Lipinski definition) is 4. The second-order valence-corrected chi connectivity index (χ2v) is 7.54. The van der Waals surface area contributed by atoms with Crippen molar-refractivity contribution in [1.82, 2.24) is 15.8 Å². The number of nitrogens with two attached hydrogens (primary N) is 1. The van der Waals surface area contributed by atoms with Crippen molar-refractivity contribution in [3.05, 3.63) is 77.0 Å². The fourth-order valence-electron chi connectivity index (χ4n) is 4.13. The largest absolute Gasteiger partial charge is 0.368 e. The van der Waals surface area contributed by atoms with Gasteiger partial charge in [0.15, 0.2) is 0 Å². The van der Waals surface area contributed by atoms with E-state index in [1.807, 2.05) is 48.7 Å². The Morgan fingerprint density at radius 1 is 1.27 bits per heavy atom. The Morgan fingerprint density at radius 3 is 2.90 bits per heavy atom. The van der Waals surface area contributed by atoms with E-state index in [4.69, 9.17) is 10.9 Å². The summed E-state index contributed by atoms with van der Waals surface area (Å²) in [5.74, 6) is -0.945. The van der Waals surface area contributed by atoms with Crippen LogP contribution in [0.15, 0.2) is 54.7 Å². The number of fused-ring (bicyclic) bond motifs is 2. The second kappa shape index (κ2) is 8.52. The average molecular weight is 404 g/mol. The lowest BCUT2D eigenvalue weighted by molar-refractivity contribution is -0.124. The Bertz CT molecular complexity index is 1120. The van der Waals surface area contributed by atoms with Gasteiger partial charge in [-0.15, -0.1) is 0 Å². The highest BCUT2D eigenvalue weighted by Gasteiger charge is 2.27. The standard InChI is InChI=1S/C23H24N4O3/c24-23(29)21(12-16-13-25-19-4-2-1-3-17(16)19)26-20-9-7-15-11-14(5-8-18(15)20)6-10-22(28)27-30/h1-6,8,10-11,13,20-21,25-26,30H,7,9,12H2,(H2,24,29)(H,27,28). The maximum Gasteiger partial charge on any atom is 0.267 e. The first kappa shape index (κ1) is 19.9. The zero-order valence-electron chi connectivity index (χ0n) is 16.4. The van der Waals surface area contributed by atoms with Crippen LogP contribution in [0, 0.1) is 0 Å². The maximum absolute atomic E-state index is 12.2. The minimum atomic E-state index is -0.573. The molecule has 1 aliphatic carbocycles. The van der Waals surface area contributed by atoms with Gasteiger partial charge < -0.3 is 10.7 Å². The van der Waals surface area contributed by atoms with Gasteiger partial charge in [0, 0.05) is 29.2 Å². The van der Waals surface area contributed by atoms with Crippen LogP contribution in [-0.4, -0.2) is 28.0 Å². The van der Waals surface area contributed by atoms with Crippen molar-refractivity contribution in [3.63, 3.8) is 0 Å². The third-order valence-electron chi connectivity index (χ3n) is 5.63. The van der Waals surface area contributed by atoms with Gasteiger partial charge in [-0.3, -0.25) is 20.1 Å². The first-order valence-electron chi connectivity index (χ1n) is 9.90. The molecule has 0 saturated heterocycles. The summed E-state index contributed by atoms with van der Waals surface area (Å²) < 4.78 is 0. The molecule has 1 aromatic heterocycles. The molecule has 0 radical (unpaired) electrons. The molecule has 2 aromatic carbocycles. The van der Waals surface area contributed by atoms with Crippen LogP contribution in [0.2, 0.25) is 0 Å². The molecule has 1 heterocycles. The van der Waals surface area contributed by atoms with Crippen molar-refractivity contribution < 1.29 is 14.8 Å². The molecule has 6 N–H and O–H groups in total. The van der Waals surface area contributed by atoms with Gasteiger partial charge in [0.2, 0.25) is 5.91 Å². The Balaban J connectivity index is 1.50. The first-order valence-corrected chi connectivity index (χ1v) is 9.90. The summed E-state index contributed by atoms with van der Waals surface area (Å²) in [6.07, 6.45) is 7.12. The third kappa shape index (κ3) is 4.12. The minimum Gasteiger partial charge on any atom is -0.368 e. The normalized spacial score (nSPS) is 16.6. The number of amides is 2. The van der Waals surface area contributed by atoms with Crippen LogP contribution < -0.4 is 16.5 Å². The van der Waals surface area contributed by atoms with Crippen molar-refractivity contribution in [2.45, 2.75) is 31.3 Å². The maximum atomic E-state index is 12.2. The molecule has 3 aromatic rings. The summed E-state index contributed by atoms with van der Waals surface area (Å²) in [6.45, 7) is 0. The van der Waals surface area contributed by atoms with Gasteiger partial charge in [0.1, 0.15) is 0 Å². The molecule has 2 unspecified atom stereocenters. The SMILES string of the molecule is NC(=O)C(Cc1c[nH]c2ccccc12)NC1CCc2cc(C=CC(=O)NO)ccc21. The Hall–Kier alpha value is -3.42. The first-order chi connectivity index (χ1) is 14.5. The quantitative estimate of drug-likeness (QED) is 0.236. The molecule has 0 fully saturated rings. The van der Waals surface area contributed by atoms with E-state index in [0.717, 1.165) is 40.4 Å². The molecular weight excluding hydrogens is 380 g/mol. The number of aryl methyl sites for hydroxylation is 1. The van der Waals surface area contributed by atoms with Crippen LogP contribution in [0.5, 0.6) is 0 Å². The topological polar surface area (TPSA) is 120 Å². The predicted octanol–water partition coefficient (Wildman–Crippen LogP) is 2.36. The lowest BCUT2D eigenvalue weighted by Crippen LogP contribution is -2.44. The van der Waals surface area contributed by atoms with Crippen molar-refractivity contribution in [1.29, 1.82) is 0 Å². The highest BCUT2D eigenvalue weighted by molar-refractivity contribution is 5.90. The lowest BCUT2D eigenvalue weighted by Gasteiger charge is -2.21. The van der Waals surface area contributed by atoms with Gasteiger partial charge in [-0.1, -0.05) is 36.4 Å². The predicted molar refractivity (Wildman–Crippen MR) is 115 cm³/mol. The van der Waals surface area contributed by atoms with Crippen LogP contribution in [0.1, 0.15) is 34.7 Å². The molecule has 154 valence electrons. The van der Waals surface area contributed by atoms with Crippen molar-refractivity contribution >= 4 is 28.8 Å². The zero-order valence-corrected chi connectivity index (χ0v) is 16.4. The number of carbonyl (C=O) groups is 2. The number of hydroxylamine groups is 1. The van der Waals surface area contributed by atoms with Crippen LogP contribution >= 0.6 is 0 Å². The monoisotopic (exact) mass is 404 g/mol. The summed E-state index contributed by atoms with van der Waals surface area (Å²) >= 11 is 0. The summed E-state index contributed by atoms with van der Waals surface area (Å²) in [7, 11) is 0. The fraction of sp³-hybridized carbons (Fsp3) is 0.217. The van der Waals surface area contributed by atoms with E-state index in [0.29, 0.717) is 6.42 Å². The molecule has 4 rings (SSSR count). The number of nitrogens with one attached hydrogen (secondary N) is 3. The fourth-order valence-corrected chi connectivity index (χ4v) is 4.13. The number of hydrogen-bond donors (Lipinski definition) is 5. The number of para-hydroxylation sites is 1. The second-order valence-electron chi connectivity index (χ2n) is 7.54. The van der Waals surface area contributed by atoms with Gasteiger partial charge >= 0.3 is 0 Å². The molecule has 0 aliphatic heterocycles. The van der Waals surface area contributed by atoms with Gasteiger partial charge in [-0.25, -0.2) is 5.48 Å². The van der Waals surface area contributed by atoms with Gasteiger partial charge in [0.25, 0.3) is 5.91 Å². The smallest absolute Gasteiger partial charge is 0.267 e. The molecule has 0 bridgehead atoms. The molecule has 1 aliphatic rings. The van der Waals surface area contributed by atoms with Crippen LogP contribution in [0.4, 0.5) is 0 Å². The van der Waals surface area contributed by atoms with E-state index >= 15 is 0 Å². The molecular formula is C23H24N4O3. The average Bonchev–Trinajstić information content (AvgIpc) is 3.35. The number of primary amides is 1. The molecule has 2 atom stereocenters. The minimum absolute atomic E-state index is 0.0430. The van der Waals surface area contributed by atoms with E-state index < -0.39 is 11.9 Å². The van der Waals surface area contributed by atoms with Crippen LogP contribution in [0.25, 0.3) is 17.0 Å². The van der Waals surface area contributed by atoms with Crippen molar-refractivity contribution in [2.24, 2.45) is 5.73 Å². The Kier molecular flexibility index (Phi) is 5.65. The number of carbonyl (C=O) groups excluding carboxylic acids is 2. The van der Waals surface area contributed by atoms with E-state index in [9.17, 15) is 9.59 Å². The lowest BCUT2D eigenvalue weighted by atomic mass is 10.0. The van der Waals surface area contributed by atoms with E-state index in [1.165, 1.54) is 11.6 Å². The van der Waals surface area contributed by atoms with Crippen molar-refractivity contribution in [3.8, 4) is 0 Å². The van der Waals surface area contributed by atoms with Gasteiger partial charge in [-0.05, 0) is 53.7 Å². The van der Waals surface area contributed by atoms with Crippen LogP contribution in [0.3, 0.4) is 0 Å². The van der Waals surface area contributed by atoms with Crippen LogP contribution in [-0.2, 0) is 22.4 Å². The van der Waals surface area contributed by atoms with E-state index in [-0.39, 0.29) is 11.9 Å². The van der Waals surface area contributed by atoms with Gasteiger partial charge in [-0.2, -0.15) is 0 Å². The van der Waals surface area contributed by atoms with E-state index in [1.54, 1.807) is 11.6 Å². The number of aromatic amines is 1. The molecule has 7 heteroatoms. The summed E-state index contributed by atoms with van der Waals surface area (Å²) in [5, 5.41) is 13.1. The number of rotatable bonds is 7. The summed E-state index contributed by atoms with van der Waals surface area (Å²) in [4.78, 5) is 26.6. The van der Waals surface area contributed by atoms with Crippen molar-refractivity contribution in [2.75, 3.05) is 0 Å². The molecule has 30 heavy (non-hydrogen) atoms. The molecule has 0 saturated carbocycles. The molecule has 2 amide bonds. The Morgan fingerprint density at radius 2 is 2.10 bits per heavy atom. The summed E-state index contributed by atoms with van der Waals surface area (Å²) in [6, 6.07) is 13.5. The Labute approximate surface area is 173 Å². The zero-order chi connectivity index (χ0) is 21.1. The molecule has 7 nitrogen and oxygen atoms in total. The number of aromatic nitrogens is 1.